The van der Waals surface area contributed by atoms with Crippen molar-refractivity contribution < 1.29 is 23.8 Å². The number of amides is 1. The number of rotatable bonds is 9. The van der Waals surface area contributed by atoms with E-state index in [9.17, 15) is 9.59 Å². The highest BCUT2D eigenvalue weighted by molar-refractivity contribution is 5.94. The summed E-state index contributed by atoms with van der Waals surface area (Å²) in [6.07, 6.45) is 2.50. The number of carbonyl (C=O) groups is 2. The van der Waals surface area contributed by atoms with Crippen LogP contribution in [0.5, 0.6) is 5.75 Å². The predicted octanol–water partition coefficient (Wildman–Crippen LogP) is 1.84. The fraction of sp³-hybridized carbons (Fsp3) is 0.391. The first-order chi connectivity index (χ1) is 15.4. The van der Waals surface area contributed by atoms with Crippen molar-refractivity contribution in [2.24, 2.45) is 11.7 Å². The number of benzene rings is 1. The highest BCUT2D eigenvalue weighted by Gasteiger charge is 2.36. The predicted molar refractivity (Wildman–Crippen MR) is 118 cm³/mol. The average molecular weight is 441 g/mol. The van der Waals surface area contributed by atoms with Crippen LogP contribution in [0, 0.1) is 11.3 Å². The van der Waals surface area contributed by atoms with Gasteiger partial charge >= 0.3 is 5.97 Å². The molecular formula is C23H28N4O5. The summed E-state index contributed by atoms with van der Waals surface area (Å²) in [6.45, 7) is 0.787. The maximum Gasteiger partial charge on any atom is 0.305 e. The van der Waals surface area contributed by atoms with E-state index < -0.39 is 0 Å². The Hall–Kier alpha value is -3.46. The SMILES string of the molecule is COCC(=O)N1C[C@H](CC(=O)OC)C[C@H]1COc1ccc(-c2ccc(C(=N)N)cn2)cc1. The van der Waals surface area contributed by atoms with Gasteiger partial charge in [0.15, 0.2) is 0 Å². The van der Waals surface area contributed by atoms with E-state index in [1.54, 1.807) is 17.2 Å². The Balaban J connectivity index is 1.62. The molecule has 0 spiro atoms. The number of esters is 1. The van der Waals surface area contributed by atoms with Crippen molar-refractivity contribution >= 4 is 17.7 Å². The highest BCUT2D eigenvalue weighted by Crippen LogP contribution is 2.28. The number of amidine groups is 1. The molecule has 0 radical (unpaired) electrons. The lowest BCUT2D eigenvalue weighted by Crippen LogP contribution is -2.41. The Labute approximate surface area is 187 Å². The molecule has 2 heterocycles. The fourth-order valence-electron chi connectivity index (χ4n) is 3.79. The number of nitrogen functional groups attached to an aromatic ring is 1. The molecule has 3 N–H and O–H groups in total. The van der Waals surface area contributed by atoms with Crippen LogP contribution >= 0.6 is 0 Å². The third kappa shape index (κ3) is 5.82. The van der Waals surface area contributed by atoms with E-state index in [-0.39, 0.29) is 42.7 Å². The zero-order valence-corrected chi connectivity index (χ0v) is 18.2. The molecule has 1 aromatic heterocycles. The fourth-order valence-corrected chi connectivity index (χ4v) is 3.79. The van der Waals surface area contributed by atoms with Gasteiger partial charge in [0.2, 0.25) is 5.91 Å². The van der Waals surface area contributed by atoms with E-state index in [4.69, 9.17) is 25.4 Å². The first-order valence-corrected chi connectivity index (χ1v) is 10.3. The Kier molecular flexibility index (Phi) is 7.77. The molecule has 2 aromatic rings. The molecule has 9 nitrogen and oxygen atoms in total. The molecule has 3 rings (SSSR count). The van der Waals surface area contributed by atoms with Crippen LogP contribution in [0.4, 0.5) is 0 Å². The molecule has 1 amide bonds. The third-order valence-corrected chi connectivity index (χ3v) is 5.44. The van der Waals surface area contributed by atoms with E-state index in [1.165, 1.54) is 14.2 Å². The maximum atomic E-state index is 12.4. The van der Waals surface area contributed by atoms with Gasteiger partial charge < -0.3 is 24.8 Å². The molecule has 1 aliphatic rings. The normalized spacial score (nSPS) is 17.8. The first kappa shape index (κ1) is 23.2. The molecule has 0 bridgehead atoms. The number of hydrogen-bond acceptors (Lipinski definition) is 7. The standard InChI is InChI=1S/C23H28N4O5/c1-30-14-21(28)27-12-15(10-22(29)31-2)9-18(27)13-32-19-6-3-16(4-7-19)20-8-5-17(11-26-20)23(24)25/h3-8,11,15,18H,9-10,12-14H2,1-2H3,(H3,24,25)/t15-,18-/m0/s1. The number of nitrogens with zero attached hydrogens (tertiary/aromatic N) is 2. The lowest BCUT2D eigenvalue weighted by atomic mass is 10.0. The Morgan fingerprint density at radius 1 is 1.19 bits per heavy atom. The van der Waals surface area contributed by atoms with Crippen molar-refractivity contribution in [3.8, 4) is 17.0 Å². The van der Waals surface area contributed by atoms with Gasteiger partial charge in [-0.15, -0.1) is 0 Å². The third-order valence-electron chi connectivity index (χ3n) is 5.44. The van der Waals surface area contributed by atoms with Crippen molar-refractivity contribution in [3.05, 3.63) is 48.2 Å². The molecular weight excluding hydrogens is 412 g/mol. The zero-order valence-electron chi connectivity index (χ0n) is 18.2. The van der Waals surface area contributed by atoms with Gasteiger partial charge in [-0.3, -0.25) is 20.0 Å². The largest absolute Gasteiger partial charge is 0.491 e. The van der Waals surface area contributed by atoms with Crippen LogP contribution in [0.2, 0.25) is 0 Å². The van der Waals surface area contributed by atoms with Gasteiger partial charge in [-0.05, 0) is 48.7 Å². The second-order valence-electron chi connectivity index (χ2n) is 7.70. The first-order valence-electron chi connectivity index (χ1n) is 10.3. The van der Waals surface area contributed by atoms with Gasteiger partial charge in [-0.2, -0.15) is 0 Å². The number of methoxy groups -OCH3 is 2. The molecule has 2 atom stereocenters. The van der Waals surface area contributed by atoms with Gasteiger partial charge in [0.25, 0.3) is 0 Å². The molecule has 0 saturated carbocycles. The number of carbonyl (C=O) groups excluding carboxylic acids is 2. The topological polar surface area (TPSA) is 128 Å². The van der Waals surface area contributed by atoms with Crippen LogP contribution in [0.1, 0.15) is 18.4 Å². The second-order valence-corrected chi connectivity index (χ2v) is 7.70. The van der Waals surface area contributed by atoms with E-state index in [2.05, 4.69) is 4.98 Å². The monoisotopic (exact) mass is 440 g/mol. The number of nitrogens with one attached hydrogen (secondary N) is 1. The molecule has 1 aromatic carbocycles. The van der Waals surface area contributed by atoms with Crippen LogP contribution in [0.15, 0.2) is 42.6 Å². The van der Waals surface area contributed by atoms with Crippen molar-refractivity contribution in [1.82, 2.24) is 9.88 Å². The van der Waals surface area contributed by atoms with Crippen molar-refractivity contribution in [2.75, 3.05) is 34.0 Å². The second kappa shape index (κ2) is 10.7. The van der Waals surface area contributed by atoms with Gasteiger partial charge in [0.05, 0.1) is 25.3 Å². The Morgan fingerprint density at radius 2 is 1.94 bits per heavy atom. The van der Waals surface area contributed by atoms with Gasteiger partial charge in [0, 0.05) is 31.0 Å². The van der Waals surface area contributed by atoms with E-state index in [1.807, 2.05) is 30.3 Å². The summed E-state index contributed by atoms with van der Waals surface area (Å²) in [5, 5.41) is 7.44. The molecule has 1 saturated heterocycles. The van der Waals surface area contributed by atoms with Gasteiger partial charge in [-0.1, -0.05) is 0 Å². The molecule has 170 valence electrons. The molecule has 0 unspecified atom stereocenters. The molecule has 32 heavy (non-hydrogen) atoms. The van der Waals surface area contributed by atoms with E-state index in [0.29, 0.717) is 30.9 Å². The lowest BCUT2D eigenvalue weighted by Gasteiger charge is -2.24. The van der Waals surface area contributed by atoms with Crippen molar-refractivity contribution in [3.63, 3.8) is 0 Å². The van der Waals surface area contributed by atoms with Crippen molar-refractivity contribution in [1.29, 1.82) is 5.41 Å². The van der Waals surface area contributed by atoms with Crippen LogP contribution in [0.25, 0.3) is 11.3 Å². The van der Waals surface area contributed by atoms with E-state index in [0.717, 1.165) is 11.3 Å². The summed E-state index contributed by atoms with van der Waals surface area (Å²) in [4.78, 5) is 30.2. The van der Waals surface area contributed by atoms with Crippen LogP contribution < -0.4 is 10.5 Å². The minimum absolute atomic E-state index is 0.00837. The zero-order chi connectivity index (χ0) is 23.1. The minimum Gasteiger partial charge on any atom is -0.491 e. The summed E-state index contributed by atoms with van der Waals surface area (Å²) in [6, 6.07) is 10.9. The van der Waals surface area contributed by atoms with Gasteiger partial charge in [0.1, 0.15) is 24.8 Å². The van der Waals surface area contributed by atoms with E-state index >= 15 is 0 Å². The van der Waals surface area contributed by atoms with Crippen LogP contribution in [-0.2, 0) is 19.1 Å². The number of ether oxygens (including phenoxy) is 3. The summed E-state index contributed by atoms with van der Waals surface area (Å²) in [7, 11) is 2.85. The molecule has 1 fully saturated rings. The Morgan fingerprint density at radius 3 is 2.53 bits per heavy atom. The smallest absolute Gasteiger partial charge is 0.305 e. The maximum absolute atomic E-state index is 12.4. The summed E-state index contributed by atoms with van der Waals surface area (Å²) in [5.41, 5.74) is 7.71. The van der Waals surface area contributed by atoms with Gasteiger partial charge in [-0.25, -0.2) is 0 Å². The lowest BCUT2D eigenvalue weighted by molar-refractivity contribution is -0.142. The van der Waals surface area contributed by atoms with Crippen LogP contribution in [0.3, 0.4) is 0 Å². The van der Waals surface area contributed by atoms with Crippen molar-refractivity contribution in [2.45, 2.75) is 18.9 Å². The average Bonchev–Trinajstić information content (AvgIpc) is 3.20. The highest BCUT2D eigenvalue weighted by atomic mass is 16.5. The molecule has 9 heteroatoms. The summed E-state index contributed by atoms with van der Waals surface area (Å²) in [5.74, 6) is 0.277. The van der Waals surface area contributed by atoms with Crippen LogP contribution in [-0.4, -0.2) is 67.6 Å². The minimum atomic E-state index is -0.281. The Bertz CT molecular complexity index is 946. The quantitative estimate of drug-likeness (QED) is 0.346. The summed E-state index contributed by atoms with van der Waals surface area (Å²) < 4.78 is 15.7. The summed E-state index contributed by atoms with van der Waals surface area (Å²) >= 11 is 0. The molecule has 1 aliphatic heterocycles. The number of nitrogens with two attached hydrogens (primary N) is 1. The number of pyridine rings is 1. The number of hydrogen-bond donors (Lipinski definition) is 2. The number of aromatic nitrogens is 1. The molecule has 0 aliphatic carbocycles. The number of likely N-dealkylation sites (tertiary alicyclic amines) is 1.